The lowest BCUT2D eigenvalue weighted by Gasteiger charge is -2.26. The molecule has 6 nitrogen and oxygen atoms in total. The van der Waals surface area contributed by atoms with E-state index < -0.39 is 0 Å². The number of carbonyl (C=O) groups is 1. The molecule has 1 aromatic heterocycles. The standard InChI is InChI=1S/C20H28N4O2/c1-16(22-20(25)10-13-23-11-4-3-5-12-23)17-14-21-24(15-17)18-6-8-19(26-2)9-7-18/h6-9,14-16H,3-5,10-13H2,1-2H3,(H,22,25)/t16-/m1/s1. The van der Waals surface area contributed by atoms with Gasteiger partial charge in [0.05, 0.1) is 25.0 Å². The first-order valence-electron chi connectivity index (χ1n) is 9.36. The third kappa shape index (κ3) is 4.85. The van der Waals surface area contributed by atoms with E-state index in [2.05, 4.69) is 15.3 Å². The first-order chi connectivity index (χ1) is 12.7. The number of nitrogens with zero attached hydrogens (tertiary/aromatic N) is 3. The summed E-state index contributed by atoms with van der Waals surface area (Å²) in [5.41, 5.74) is 1.95. The second kappa shape index (κ2) is 8.85. The number of rotatable bonds is 7. The monoisotopic (exact) mass is 356 g/mol. The number of nitrogens with one attached hydrogen (secondary N) is 1. The van der Waals surface area contributed by atoms with Gasteiger partial charge < -0.3 is 15.0 Å². The Kier molecular flexibility index (Phi) is 6.28. The summed E-state index contributed by atoms with van der Waals surface area (Å²) in [6.07, 6.45) is 8.14. The fourth-order valence-corrected chi connectivity index (χ4v) is 3.28. The number of hydrogen-bond acceptors (Lipinski definition) is 4. The van der Waals surface area contributed by atoms with Crippen molar-refractivity contribution in [1.82, 2.24) is 20.0 Å². The predicted octanol–water partition coefficient (Wildman–Crippen LogP) is 2.93. The molecule has 0 bridgehead atoms. The van der Waals surface area contributed by atoms with Crippen molar-refractivity contribution in [3.8, 4) is 11.4 Å². The van der Waals surface area contributed by atoms with Crippen LogP contribution < -0.4 is 10.1 Å². The summed E-state index contributed by atoms with van der Waals surface area (Å²) < 4.78 is 6.99. The lowest BCUT2D eigenvalue weighted by Crippen LogP contribution is -2.34. The van der Waals surface area contributed by atoms with Crippen molar-refractivity contribution < 1.29 is 9.53 Å². The lowest BCUT2D eigenvalue weighted by atomic mass is 10.1. The van der Waals surface area contributed by atoms with Crippen LogP contribution in [0.1, 0.15) is 44.2 Å². The van der Waals surface area contributed by atoms with Crippen molar-refractivity contribution in [2.45, 2.75) is 38.6 Å². The van der Waals surface area contributed by atoms with E-state index in [0.29, 0.717) is 6.42 Å². The highest BCUT2D eigenvalue weighted by molar-refractivity contribution is 5.76. The molecule has 6 heteroatoms. The number of amides is 1. The molecule has 0 aliphatic carbocycles. The Balaban J connectivity index is 1.51. The molecule has 2 aromatic rings. The molecule has 1 atom stereocenters. The van der Waals surface area contributed by atoms with E-state index in [1.165, 1.54) is 19.3 Å². The van der Waals surface area contributed by atoms with Gasteiger partial charge in [-0.15, -0.1) is 0 Å². The van der Waals surface area contributed by atoms with Gasteiger partial charge in [0.1, 0.15) is 5.75 Å². The molecule has 1 N–H and O–H groups in total. The van der Waals surface area contributed by atoms with E-state index in [0.717, 1.165) is 36.6 Å². The molecule has 1 saturated heterocycles. The summed E-state index contributed by atoms with van der Waals surface area (Å²) in [7, 11) is 1.65. The average molecular weight is 356 g/mol. The SMILES string of the molecule is COc1ccc(-n2cc([C@@H](C)NC(=O)CCN3CCCCC3)cn2)cc1. The molecule has 0 radical (unpaired) electrons. The highest BCUT2D eigenvalue weighted by Gasteiger charge is 2.15. The van der Waals surface area contributed by atoms with Gasteiger partial charge in [-0.2, -0.15) is 5.10 Å². The molecule has 140 valence electrons. The topological polar surface area (TPSA) is 59.4 Å². The zero-order valence-corrected chi connectivity index (χ0v) is 15.6. The maximum absolute atomic E-state index is 12.2. The fraction of sp³-hybridized carbons (Fsp3) is 0.500. The van der Waals surface area contributed by atoms with E-state index in [9.17, 15) is 4.79 Å². The summed E-state index contributed by atoms with van der Waals surface area (Å²) in [5.74, 6) is 0.913. The molecular weight excluding hydrogens is 328 g/mol. The summed E-state index contributed by atoms with van der Waals surface area (Å²) in [5, 5.41) is 7.49. The van der Waals surface area contributed by atoms with Crippen molar-refractivity contribution in [2.75, 3.05) is 26.7 Å². The van der Waals surface area contributed by atoms with Crippen LogP contribution in [0.25, 0.3) is 5.69 Å². The smallest absolute Gasteiger partial charge is 0.221 e. The number of carbonyl (C=O) groups excluding carboxylic acids is 1. The number of hydrogen-bond donors (Lipinski definition) is 1. The molecule has 1 fully saturated rings. The zero-order valence-electron chi connectivity index (χ0n) is 15.6. The van der Waals surface area contributed by atoms with E-state index in [4.69, 9.17) is 4.74 Å². The number of piperidine rings is 1. The molecule has 26 heavy (non-hydrogen) atoms. The second-order valence-electron chi connectivity index (χ2n) is 6.86. The quantitative estimate of drug-likeness (QED) is 0.829. The van der Waals surface area contributed by atoms with Crippen LogP contribution in [-0.4, -0.2) is 47.3 Å². The van der Waals surface area contributed by atoms with E-state index >= 15 is 0 Å². The van der Waals surface area contributed by atoms with Crippen molar-refractivity contribution in [2.24, 2.45) is 0 Å². The first kappa shape index (κ1) is 18.5. The zero-order chi connectivity index (χ0) is 18.4. The Bertz CT molecular complexity index is 705. The van der Waals surface area contributed by atoms with Crippen molar-refractivity contribution in [3.63, 3.8) is 0 Å². The predicted molar refractivity (Wildman–Crippen MR) is 102 cm³/mol. The van der Waals surface area contributed by atoms with Crippen LogP contribution in [0.4, 0.5) is 0 Å². The lowest BCUT2D eigenvalue weighted by molar-refractivity contribution is -0.122. The number of aromatic nitrogens is 2. The van der Waals surface area contributed by atoms with Gasteiger partial charge in [0.2, 0.25) is 5.91 Å². The Morgan fingerprint density at radius 3 is 2.65 bits per heavy atom. The third-order valence-electron chi connectivity index (χ3n) is 4.92. The number of ether oxygens (including phenoxy) is 1. The molecule has 1 amide bonds. The van der Waals surface area contributed by atoms with Crippen molar-refractivity contribution in [3.05, 3.63) is 42.2 Å². The maximum Gasteiger partial charge on any atom is 0.221 e. The van der Waals surface area contributed by atoms with Gasteiger partial charge in [-0.05, 0) is 57.1 Å². The Labute approximate surface area is 155 Å². The minimum absolute atomic E-state index is 0.0594. The summed E-state index contributed by atoms with van der Waals surface area (Å²) in [4.78, 5) is 14.6. The Morgan fingerprint density at radius 1 is 1.23 bits per heavy atom. The average Bonchev–Trinajstić information content (AvgIpc) is 3.18. The van der Waals surface area contributed by atoms with E-state index in [1.807, 2.05) is 42.1 Å². The molecule has 0 unspecified atom stereocenters. The maximum atomic E-state index is 12.2. The minimum atomic E-state index is -0.0594. The van der Waals surface area contributed by atoms with Gasteiger partial charge in [-0.1, -0.05) is 6.42 Å². The van der Waals surface area contributed by atoms with Gasteiger partial charge >= 0.3 is 0 Å². The molecule has 1 aliphatic rings. The third-order valence-corrected chi connectivity index (χ3v) is 4.92. The second-order valence-corrected chi connectivity index (χ2v) is 6.86. The van der Waals surface area contributed by atoms with Gasteiger partial charge in [0.15, 0.2) is 0 Å². The van der Waals surface area contributed by atoms with E-state index in [1.54, 1.807) is 13.3 Å². The molecule has 2 heterocycles. The largest absolute Gasteiger partial charge is 0.497 e. The molecule has 1 aromatic carbocycles. The molecule has 0 spiro atoms. The van der Waals surface area contributed by atoms with Crippen LogP contribution in [-0.2, 0) is 4.79 Å². The van der Waals surface area contributed by atoms with Crippen LogP contribution in [0, 0.1) is 0 Å². The normalized spacial score (nSPS) is 16.2. The van der Waals surface area contributed by atoms with Crippen LogP contribution in [0.3, 0.4) is 0 Å². The van der Waals surface area contributed by atoms with Crippen molar-refractivity contribution in [1.29, 1.82) is 0 Å². The van der Waals surface area contributed by atoms with Crippen LogP contribution >= 0.6 is 0 Å². The fourth-order valence-electron chi connectivity index (χ4n) is 3.28. The van der Waals surface area contributed by atoms with Gasteiger partial charge in [-0.25, -0.2) is 4.68 Å². The van der Waals surface area contributed by atoms with Crippen LogP contribution in [0.2, 0.25) is 0 Å². The highest BCUT2D eigenvalue weighted by atomic mass is 16.5. The van der Waals surface area contributed by atoms with Crippen molar-refractivity contribution >= 4 is 5.91 Å². The van der Waals surface area contributed by atoms with Crippen LogP contribution in [0.15, 0.2) is 36.7 Å². The first-order valence-corrected chi connectivity index (χ1v) is 9.36. The van der Waals surface area contributed by atoms with Crippen LogP contribution in [0.5, 0.6) is 5.75 Å². The summed E-state index contributed by atoms with van der Waals surface area (Å²) in [6, 6.07) is 7.66. The molecule has 1 aliphatic heterocycles. The number of likely N-dealkylation sites (tertiary alicyclic amines) is 1. The summed E-state index contributed by atoms with van der Waals surface area (Å²) >= 11 is 0. The van der Waals surface area contributed by atoms with Gasteiger partial charge in [0, 0.05) is 24.7 Å². The highest BCUT2D eigenvalue weighted by Crippen LogP contribution is 2.17. The minimum Gasteiger partial charge on any atom is -0.497 e. The van der Waals surface area contributed by atoms with E-state index in [-0.39, 0.29) is 11.9 Å². The summed E-state index contributed by atoms with van der Waals surface area (Å²) in [6.45, 7) is 5.09. The Hall–Kier alpha value is -2.34. The number of methoxy groups -OCH3 is 1. The molecule has 3 rings (SSSR count). The molecule has 0 saturated carbocycles. The van der Waals surface area contributed by atoms with Gasteiger partial charge in [-0.3, -0.25) is 4.79 Å². The number of benzene rings is 1. The van der Waals surface area contributed by atoms with Gasteiger partial charge in [0.25, 0.3) is 0 Å². The Morgan fingerprint density at radius 2 is 1.96 bits per heavy atom. The molecular formula is C20H28N4O2.